The average Bonchev–Trinajstić information content (AvgIpc) is 2.29. The Hall–Kier alpha value is -1.07. The van der Waals surface area contributed by atoms with E-state index in [2.05, 4.69) is 10.3 Å². The SMILES string of the molecule is CSc1ccc(C(=O)NC(C)CO)cn1. The van der Waals surface area contributed by atoms with Gasteiger partial charge in [0.15, 0.2) is 0 Å². The van der Waals surface area contributed by atoms with Gasteiger partial charge in [0.25, 0.3) is 5.91 Å². The van der Waals surface area contributed by atoms with E-state index in [-0.39, 0.29) is 18.6 Å². The lowest BCUT2D eigenvalue weighted by molar-refractivity contribution is 0.0922. The monoisotopic (exact) mass is 226 g/mol. The number of carbonyl (C=O) groups excluding carboxylic acids is 1. The molecule has 0 saturated carbocycles. The van der Waals surface area contributed by atoms with Gasteiger partial charge in [-0.25, -0.2) is 4.98 Å². The Bertz CT molecular complexity index is 327. The van der Waals surface area contributed by atoms with Crippen LogP contribution in [0.5, 0.6) is 0 Å². The normalized spacial score (nSPS) is 12.2. The highest BCUT2D eigenvalue weighted by Gasteiger charge is 2.08. The summed E-state index contributed by atoms with van der Waals surface area (Å²) in [5.74, 6) is -0.211. The molecule has 1 amide bonds. The van der Waals surface area contributed by atoms with Gasteiger partial charge in [0, 0.05) is 12.2 Å². The standard InChI is InChI=1S/C10H14N2O2S/c1-7(6-13)12-10(14)8-3-4-9(15-2)11-5-8/h3-5,7,13H,6H2,1-2H3,(H,12,14). The Balaban J connectivity index is 2.66. The van der Waals surface area contributed by atoms with Crippen LogP contribution in [0.1, 0.15) is 17.3 Å². The Labute approximate surface area is 93.1 Å². The summed E-state index contributed by atoms with van der Waals surface area (Å²) >= 11 is 1.52. The van der Waals surface area contributed by atoms with Crippen molar-refractivity contribution in [3.63, 3.8) is 0 Å². The number of nitrogens with zero attached hydrogens (tertiary/aromatic N) is 1. The van der Waals surface area contributed by atoms with Gasteiger partial charge in [-0.3, -0.25) is 4.79 Å². The molecule has 0 aliphatic rings. The van der Waals surface area contributed by atoms with Gasteiger partial charge in [0.2, 0.25) is 0 Å². The molecule has 1 atom stereocenters. The number of rotatable bonds is 4. The van der Waals surface area contributed by atoms with Crippen molar-refractivity contribution in [3.8, 4) is 0 Å². The van der Waals surface area contributed by atoms with Gasteiger partial charge in [-0.05, 0) is 25.3 Å². The first kappa shape index (κ1) is 12.0. The van der Waals surface area contributed by atoms with Crippen molar-refractivity contribution in [2.24, 2.45) is 0 Å². The molecule has 0 aliphatic heterocycles. The molecule has 1 aromatic heterocycles. The number of pyridine rings is 1. The van der Waals surface area contributed by atoms with Crippen molar-refractivity contribution in [2.45, 2.75) is 18.0 Å². The first-order valence-electron chi connectivity index (χ1n) is 4.59. The van der Waals surface area contributed by atoms with Crippen LogP contribution in [0.3, 0.4) is 0 Å². The fourth-order valence-electron chi connectivity index (χ4n) is 0.988. The van der Waals surface area contributed by atoms with Gasteiger partial charge in [-0.15, -0.1) is 11.8 Å². The van der Waals surface area contributed by atoms with Crippen LogP contribution in [0.4, 0.5) is 0 Å². The summed E-state index contributed by atoms with van der Waals surface area (Å²) in [6.07, 6.45) is 3.46. The number of nitrogens with one attached hydrogen (secondary N) is 1. The molecule has 1 heterocycles. The minimum atomic E-state index is -0.238. The minimum absolute atomic E-state index is 0.0674. The average molecular weight is 226 g/mol. The van der Waals surface area contributed by atoms with Crippen molar-refractivity contribution >= 4 is 17.7 Å². The second-order valence-corrected chi connectivity index (χ2v) is 3.97. The predicted octanol–water partition coefficient (Wildman–Crippen LogP) is 0.914. The van der Waals surface area contributed by atoms with Crippen molar-refractivity contribution in [3.05, 3.63) is 23.9 Å². The summed E-state index contributed by atoms with van der Waals surface area (Å²) in [5, 5.41) is 12.3. The topological polar surface area (TPSA) is 62.2 Å². The molecule has 0 fully saturated rings. The molecular formula is C10H14N2O2S. The molecule has 1 unspecified atom stereocenters. The van der Waals surface area contributed by atoms with Gasteiger partial charge in [-0.1, -0.05) is 0 Å². The molecule has 4 nitrogen and oxygen atoms in total. The Morgan fingerprint density at radius 3 is 2.87 bits per heavy atom. The number of aliphatic hydroxyl groups is 1. The van der Waals surface area contributed by atoms with Crippen molar-refractivity contribution in [2.75, 3.05) is 12.9 Å². The number of aromatic nitrogens is 1. The fraction of sp³-hybridized carbons (Fsp3) is 0.400. The third-order valence-corrected chi connectivity index (χ3v) is 2.52. The molecule has 5 heteroatoms. The van der Waals surface area contributed by atoms with Crippen LogP contribution in [0.2, 0.25) is 0 Å². The van der Waals surface area contributed by atoms with E-state index in [1.165, 1.54) is 18.0 Å². The van der Waals surface area contributed by atoms with Crippen LogP contribution in [0.15, 0.2) is 23.4 Å². The molecule has 0 bridgehead atoms. The van der Waals surface area contributed by atoms with Gasteiger partial charge in [0.1, 0.15) is 0 Å². The van der Waals surface area contributed by atoms with E-state index in [9.17, 15) is 4.79 Å². The van der Waals surface area contributed by atoms with Gasteiger partial charge >= 0.3 is 0 Å². The first-order valence-corrected chi connectivity index (χ1v) is 5.81. The number of aliphatic hydroxyl groups excluding tert-OH is 1. The molecular weight excluding hydrogens is 212 g/mol. The zero-order chi connectivity index (χ0) is 11.3. The lowest BCUT2D eigenvalue weighted by Crippen LogP contribution is -2.35. The van der Waals surface area contributed by atoms with E-state index in [0.717, 1.165) is 5.03 Å². The third-order valence-electron chi connectivity index (χ3n) is 1.86. The summed E-state index contributed by atoms with van der Waals surface area (Å²) in [6.45, 7) is 1.67. The Morgan fingerprint density at radius 1 is 1.67 bits per heavy atom. The fourth-order valence-corrected chi connectivity index (χ4v) is 1.35. The quantitative estimate of drug-likeness (QED) is 0.749. The van der Waals surface area contributed by atoms with Gasteiger partial charge in [0.05, 0.1) is 17.2 Å². The van der Waals surface area contributed by atoms with Crippen molar-refractivity contribution in [1.82, 2.24) is 10.3 Å². The molecule has 15 heavy (non-hydrogen) atoms. The minimum Gasteiger partial charge on any atom is -0.394 e. The highest BCUT2D eigenvalue weighted by Crippen LogP contribution is 2.10. The number of hydrogen-bond acceptors (Lipinski definition) is 4. The number of hydrogen-bond donors (Lipinski definition) is 2. The van der Waals surface area contributed by atoms with Crippen LogP contribution in [0, 0.1) is 0 Å². The van der Waals surface area contributed by atoms with Crippen molar-refractivity contribution < 1.29 is 9.90 Å². The van der Waals surface area contributed by atoms with Crippen LogP contribution in [-0.4, -0.2) is 34.9 Å². The first-order chi connectivity index (χ1) is 7.17. The molecule has 82 valence electrons. The van der Waals surface area contributed by atoms with Crippen LogP contribution >= 0.6 is 11.8 Å². The van der Waals surface area contributed by atoms with E-state index in [1.807, 2.05) is 6.26 Å². The summed E-state index contributed by atoms with van der Waals surface area (Å²) in [5.41, 5.74) is 0.508. The highest BCUT2D eigenvalue weighted by atomic mass is 32.2. The zero-order valence-electron chi connectivity index (χ0n) is 8.73. The molecule has 0 aromatic carbocycles. The molecule has 0 aliphatic carbocycles. The molecule has 2 N–H and O–H groups in total. The number of amides is 1. The summed E-state index contributed by atoms with van der Waals surface area (Å²) in [7, 11) is 0. The Kier molecular flexibility index (Phi) is 4.58. The van der Waals surface area contributed by atoms with Crippen LogP contribution < -0.4 is 5.32 Å². The Morgan fingerprint density at radius 2 is 2.40 bits per heavy atom. The van der Waals surface area contributed by atoms with E-state index >= 15 is 0 Å². The maximum Gasteiger partial charge on any atom is 0.253 e. The molecule has 0 saturated heterocycles. The summed E-state index contributed by atoms with van der Waals surface area (Å²) < 4.78 is 0. The zero-order valence-corrected chi connectivity index (χ0v) is 9.54. The predicted molar refractivity (Wildman–Crippen MR) is 60.0 cm³/mol. The van der Waals surface area contributed by atoms with E-state index in [1.54, 1.807) is 19.1 Å². The largest absolute Gasteiger partial charge is 0.394 e. The lowest BCUT2D eigenvalue weighted by atomic mass is 10.2. The maximum atomic E-state index is 11.5. The van der Waals surface area contributed by atoms with E-state index in [4.69, 9.17) is 5.11 Å². The highest BCUT2D eigenvalue weighted by molar-refractivity contribution is 7.98. The van der Waals surface area contributed by atoms with Gasteiger partial charge < -0.3 is 10.4 Å². The maximum absolute atomic E-state index is 11.5. The summed E-state index contributed by atoms with van der Waals surface area (Å²) in [6, 6.07) is 3.28. The molecule has 0 radical (unpaired) electrons. The third kappa shape index (κ3) is 3.53. The summed E-state index contributed by atoms with van der Waals surface area (Å²) in [4.78, 5) is 15.6. The second-order valence-electron chi connectivity index (χ2n) is 3.15. The molecule has 0 spiro atoms. The number of carbonyl (C=O) groups is 1. The number of thioether (sulfide) groups is 1. The molecule has 1 rings (SSSR count). The van der Waals surface area contributed by atoms with E-state index < -0.39 is 0 Å². The van der Waals surface area contributed by atoms with Crippen LogP contribution in [0.25, 0.3) is 0 Å². The molecule has 1 aromatic rings. The second kappa shape index (κ2) is 5.72. The van der Waals surface area contributed by atoms with Crippen LogP contribution in [-0.2, 0) is 0 Å². The van der Waals surface area contributed by atoms with E-state index in [0.29, 0.717) is 5.56 Å². The van der Waals surface area contributed by atoms with Crippen molar-refractivity contribution in [1.29, 1.82) is 0 Å². The lowest BCUT2D eigenvalue weighted by Gasteiger charge is -2.10. The smallest absolute Gasteiger partial charge is 0.253 e. The van der Waals surface area contributed by atoms with Gasteiger partial charge in [-0.2, -0.15) is 0 Å².